The minimum atomic E-state index is -1.72. The maximum atomic E-state index is 12.9. The van der Waals surface area contributed by atoms with E-state index in [0.717, 1.165) is 55.1 Å². The van der Waals surface area contributed by atoms with Gasteiger partial charge in [-0.05, 0) is 221 Å². The fourth-order valence-corrected chi connectivity index (χ4v) is 15.6. The number of aliphatic hydroxyl groups is 1. The van der Waals surface area contributed by atoms with E-state index in [-0.39, 0.29) is 138 Å². The number of alkyl halides is 2. The standard InChI is InChI=1S/C19H29NO.2C15H22O2.2C14H19ClO.2C14H20O.C10H14.C5H11N.C4H7ClO.CH4O.CH3O.CH4.Al.3ClH.Na/c1-18(2,3)16-11-9-15(10-12-16)17(21)19(4,5)20-13-7-6-8-14-20;2*1-13(2,3)11-7-9-12(10-8-11)15(16-6)14(4,5)17-15;2*1-13(2,3)11-8-6-10(7-9-11)12(16)14(4,5)15;2*1-10(2)13(15)11-6-8-12(9-7-11)14(3,4)5;1-10(2,3)9-7-5-4-6-8-9;1-2-4-6-5-3-1;1-3(2)4(5)6;2*1-2;;;;;;/h9-12H,6-8,13-14H2,1-5H3;2*7-10H,1-6H3;2*6-9H,1-5H3;2*6-10H,1-5H3;4-8H,1-3H3;6H,1-5H2;3H,1-2H3;2H,1H3;1H3;1H4;;3*1H;/q;;;;;;;;;;;-1;;+3;;;;+1/p-3. The minimum Gasteiger partial charge on any atom is -0.857 e. The Hall–Kier alpha value is -5.27. The number of ketones is 5. The van der Waals surface area contributed by atoms with E-state index in [4.69, 9.17) is 94.1 Å². The molecule has 0 aromatic heterocycles. The molecule has 149 heavy (non-hydrogen) atoms. The van der Waals surface area contributed by atoms with Gasteiger partial charge in [-0.3, -0.25) is 33.7 Å². The molecule has 0 radical (unpaired) electrons. The number of methoxy groups -OCH3 is 2. The second kappa shape index (κ2) is 64.6. The first kappa shape index (κ1) is 148. The number of hydrogen-bond donors (Lipinski definition) is 2. The second-order valence-electron chi connectivity index (χ2n) is 49.4. The van der Waals surface area contributed by atoms with Gasteiger partial charge in [-0.15, -0.1) is 23.2 Å². The summed E-state index contributed by atoms with van der Waals surface area (Å²) in [6, 6.07) is 67.2. The van der Waals surface area contributed by atoms with E-state index in [1.807, 2.05) is 140 Å². The van der Waals surface area contributed by atoms with Gasteiger partial charge in [0, 0.05) is 78.0 Å². The van der Waals surface area contributed by atoms with E-state index >= 15 is 0 Å². The summed E-state index contributed by atoms with van der Waals surface area (Å²) in [4.78, 5) is 70.7. The van der Waals surface area contributed by atoms with Crippen molar-refractivity contribution in [3.8, 4) is 0 Å². The third-order valence-corrected chi connectivity index (χ3v) is 26.2. The largest absolute Gasteiger partial charge is 1.00 e. The molecule has 2 unspecified atom stereocenters. The van der Waals surface area contributed by atoms with Crippen molar-refractivity contribution in [2.45, 2.75) is 404 Å². The molecule has 12 rings (SSSR count). The molecular formula is C127H194AlCl6N2NaO12. The van der Waals surface area contributed by atoms with Crippen LogP contribution in [0.1, 0.15) is 430 Å². The summed E-state index contributed by atoms with van der Waals surface area (Å²) in [5.74, 6) is -0.366. The van der Waals surface area contributed by atoms with Crippen molar-refractivity contribution in [1.29, 1.82) is 0 Å². The van der Waals surface area contributed by atoms with Crippen molar-refractivity contribution in [1.82, 2.24) is 10.2 Å². The zero-order valence-corrected chi connectivity index (χ0v) is 107. The maximum Gasteiger partial charge on any atom is 1.00 e. The Balaban J connectivity index is -0.00000159. The Morgan fingerprint density at radius 3 is 0.685 bits per heavy atom. The van der Waals surface area contributed by atoms with E-state index in [1.165, 1.54) is 96.1 Å². The van der Waals surface area contributed by atoms with Crippen molar-refractivity contribution in [3.63, 3.8) is 0 Å². The summed E-state index contributed by atoms with van der Waals surface area (Å²) in [7, 11) is 20.0. The van der Waals surface area contributed by atoms with Gasteiger partial charge in [0.1, 0.15) is 21.0 Å². The number of aliphatic hydroxyl groups excluding tert-OH is 1. The first-order valence-electron chi connectivity index (χ1n) is 51.9. The van der Waals surface area contributed by atoms with Crippen LogP contribution in [0.3, 0.4) is 0 Å². The van der Waals surface area contributed by atoms with E-state index in [1.54, 1.807) is 55.8 Å². The summed E-state index contributed by atoms with van der Waals surface area (Å²) in [6.07, 6.45) is 7.92. The van der Waals surface area contributed by atoms with Crippen molar-refractivity contribution >= 4 is 110 Å². The molecule has 0 saturated carbocycles. The first-order valence-corrected chi connectivity index (χ1v) is 58.3. The van der Waals surface area contributed by atoms with Gasteiger partial charge in [0.2, 0.25) is 16.8 Å². The summed E-state index contributed by atoms with van der Waals surface area (Å²) in [5, 5.41) is 18.3. The number of carbonyl (C=O) groups excluding carboxylic acids is 6. The number of likely N-dealkylation sites (tertiary alicyclic amines) is 1. The van der Waals surface area contributed by atoms with E-state index in [0.29, 0.717) is 16.5 Å². The van der Waals surface area contributed by atoms with Crippen molar-refractivity contribution < 1.29 is 87.5 Å². The van der Waals surface area contributed by atoms with E-state index in [2.05, 4.69) is 305 Å². The Kier molecular flexibility index (Phi) is 64.1. The molecule has 2 N–H and O–H groups in total. The summed E-state index contributed by atoms with van der Waals surface area (Å²) in [6.45, 7) is 87.5. The van der Waals surface area contributed by atoms with Crippen LogP contribution in [0.2, 0.25) is 0 Å². The number of ether oxygens (including phenoxy) is 4. The van der Waals surface area contributed by atoms with Crippen molar-refractivity contribution in [3.05, 3.63) is 284 Å². The Bertz CT molecular complexity index is 4930. The van der Waals surface area contributed by atoms with E-state index < -0.39 is 38.2 Å². The molecule has 0 spiro atoms. The fraction of sp³-hybridized carbons (Fsp3) is 0.575. The molecule has 4 heterocycles. The fourth-order valence-electron chi connectivity index (χ4n) is 15.3. The molecule has 14 nitrogen and oxygen atoms in total. The maximum absolute atomic E-state index is 12.9. The van der Waals surface area contributed by atoms with Gasteiger partial charge in [-0.2, -0.15) is 7.11 Å². The number of rotatable bonds is 16. The molecule has 4 fully saturated rings. The second-order valence-corrected chi connectivity index (χ2v) is 58.1. The summed E-state index contributed by atoms with van der Waals surface area (Å²) in [5.41, 5.74) is 16.7. The van der Waals surface area contributed by atoms with Crippen LogP contribution >= 0.6 is 65.0 Å². The van der Waals surface area contributed by atoms with Crippen LogP contribution in [0.25, 0.3) is 0 Å². The molecule has 4 aliphatic rings. The molecule has 8 aromatic carbocycles. The molecule has 4 aliphatic heterocycles. The molecule has 0 bridgehead atoms. The van der Waals surface area contributed by atoms with Crippen LogP contribution in [-0.2, 0) is 78.6 Å². The Morgan fingerprint density at radius 2 is 0.530 bits per heavy atom. The average Bonchev–Trinajstić information content (AvgIpc) is 1.55. The monoisotopic (exact) mass is 2200 g/mol. The predicted octanol–water partition coefficient (Wildman–Crippen LogP) is 30.7. The normalized spacial score (nSPS) is 16.1. The van der Waals surface area contributed by atoms with Crippen LogP contribution in [0.15, 0.2) is 200 Å². The molecule has 2 atom stereocenters. The number of benzene rings is 8. The number of Topliss-reactive ketones (excluding diaryl/α,β-unsaturated/α-hetero) is 5. The number of epoxide rings is 2. The molecule has 830 valence electrons. The van der Waals surface area contributed by atoms with Gasteiger partial charge in [0.15, 0.2) is 28.9 Å². The third-order valence-electron chi connectivity index (χ3n) is 25.4. The number of carbonyl (C=O) groups is 6. The quantitative estimate of drug-likeness (QED) is 0.0304. The molecular weight excluding hydrogens is 2010 g/mol. The van der Waals surface area contributed by atoms with Gasteiger partial charge < -0.3 is 34.5 Å². The number of piperidine rings is 2. The van der Waals surface area contributed by atoms with Crippen LogP contribution < -0.4 is 40.0 Å². The van der Waals surface area contributed by atoms with Gasteiger partial charge in [0.05, 0.1) is 5.54 Å². The SMILES string of the molecule is C.C1CCNCC1.CC(C)(C)c1ccc(C(=O)C(C)(C)N2CCCCC2)cc1.CC(C)(C)c1ccccc1.CC(C)(Cl)C(=O)c1ccc(C(C)(C)C)cc1.CC(C)(Cl)C(=O)c1ccc(C(C)(C)C)cc1.CC(C)C(=O)Cl.CC(C)C(=O)c1ccc(C(C)(C)C)cc1.CC(C)C(=O)c1ccc(C(C)(C)C)cc1.CO.COC1(c2ccc(C(C)(C)C)cc2)OC1(C)C.COC1(c2ccc(C(C)(C)C)cc2)OC1(C)C.C[O-].[Cl][Al]([Cl])[Cl].[Na+]. The van der Waals surface area contributed by atoms with Gasteiger partial charge in [-0.25, -0.2) is 30.1 Å². The van der Waals surface area contributed by atoms with Crippen LogP contribution in [0, 0.1) is 17.8 Å². The van der Waals surface area contributed by atoms with Crippen molar-refractivity contribution in [2.24, 2.45) is 17.8 Å². The Labute approximate surface area is 960 Å². The van der Waals surface area contributed by atoms with Gasteiger partial charge in [-0.1, -0.05) is 428 Å². The average molecular weight is 2200 g/mol. The molecule has 22 heteroatoms. The molecule has 8 aromatic rings. The number of nitrogens with one attached hydrogen (secondary N) is 1. The third kappa shape index (κ3) is 51.3. The minimum absolute atomic E-state index is 0. The smallest absolute Gasteiger partial charge is 0.857 e. The Morgan fingerprint density at radius 1 is 0.342 bits per heavy atom. The zero-order chi connectivity index (χ0) is 114. The van der Waals surface area contributed by atoms with Gasteiger partial charge in [0.25, 0.3) is 0 Å². The molecule has 0 amide bonds. The van der Waals surface area contributed by atoms with Crippen LogP contribution in [-0.4, -0.2) is 137 Å². The first-order chi connectivity index (χ1) is 67.0. The van der Waals surface area contributed by atoms with E-state index in [9.17, 15) is 28.8 Å². The summed E-state index contributed by atoms with van der Waals surface area (Å²) < 4.78 is 22.6. The number of halogens is 6. The predicted molar refractivity (Wildman–Crippen MR) is 636 cm³/mol. The number of nitrogens with zero attached hydrogens (tertiary/aromatic N) is 1. The topological polar surface area (TPSA) is 204 Å². The molecule has 0 aliphatic carbocycles. The molecule has 4 saturated heterocycles. The zero-order valence-electron chi connectivity index (χ0n) is 99.6. The van der Waals surface area contributed by atoms with Crippen LogP contribution in [0.4, 0.5) is 0 Å². The van der Waals surface area contributed by atoms with Crippen LogP contribution in [0.5, 0.6) is 0 Å². The van der Waals surface area contributed by atoms with Gasteiger partial charge >= 0.3 is 40.9 Å². The number of hydrogen-bond acceptors (Lipinski definition) is 14. The van der Waals surface area contributed by atoms with Crippen molar-refractivity contribution in [2.75, 3.05) is 54.6 Å². The summed E-state index contributed by atoms with van der Waals surface area (Å²) >= 11 is 15.2.